The third-order valence-electron chi connectivity index (χ3n) is 3.57. The van der Waals surface area contributed by atoms with E-state index in [2.05, 4.69) is 11.8 Å². The Morgan fingerprint density at radius 1 is 1.32 bits per heavy atom. The Kier molecular flexibility index (Phi) is 5.16. The summed E-state index contributed by atoms with van der Waals surface area (Å²) in [4.78, 5) is 2.25. The fraction of sp³-hybridized carbons (Fsp3) is 0.600. The molecule has 3 nitrogen and oxygen atoms in total. The van der Waals surface area contributed by atoms with Gasteiger partial charge in [0.25, 0.3) is 0 Å². The van der Waals surface area contributed by atoms with Gasteiger partial charge in [-0.3, -0.25) is 0 Å². The normalized spacial score (nSPS) is 22.7. The van der Waals surface area contributed by atoms with E-state index in [4.69, 9.17) is 10.5 Å². The van der Waals surface area contributed by atoms with Gasteiger partial charge in [0.2, 0.25) is 0 Å². The van der Waals surface area contributed by atoms with E-state index in [0.29, 0.717) is 12.6 Å². The van der Waals surface area contributed by atoms with Crippen molar-refractivity contribution in [2.75, 3.05) is 24.5 Å². The standard InChI is InChI=1S/C15H23FN2O/c1-12-3-8-15(19-12)11-18(10-2-9-17)14-6-4-13(16)5-7-14/h4-7,12,15H,2-3,8-11,17H2,1H3. The largest absolute Gasteiger partial charge is 0.373 e. The van der Waals surface area contributed by atoms with Gasteiger partial charge in [0.05, 0.1) is 12.2 Å². The van der Waals surface area contributed by atoms with Crippen LogP contribution in [0.15, 0.2) is 24.3 Å². The number of rotatable bonds is 6. The van der Waals surface area contributed by atoms with Gasteiger partial charge in [-0.2, -0.15) is 0 Å². The van der Waals surface area contributed by atoms with E-state index in [1.165, 1.54) is 12.1 Å². The van der Waals surface area contributed by atoms with Gasteiger partial charge in [0.1, 0.15) is 5.82 Å². The van der Waals surface area contributed by atoms with E-state index >= 15 is 0 Å². The first-order valence-corrected chi connectivity index (χ1v) is 7.05. The zero-order valence-electron chi connectivity index (χ0n) is 11.5. The molecule has 2 rings (SSSR count). The first-order valence-electron chi connectivity index (χ1n) is 7.05. The van der Waals surface area contributed by atoms with Crippen LogP contribution < -0.4 is 10.6 Å². The molecule has 0 bridgehead atoms. The van der Waals surface area contributed by atoms with E-state index in [1.807, 2.05) is 12.1 Å². The van der Waals surface area contributed by atoms with Crippen LogP contribution in [0.1, 0.15) is 26.2 Å². The number of halogens is 1. The smallest absolute Gasteiger partial charge is 0.123 e. The number of nitrogens with two attached hydrogens (primary N) is 1. The second kappa shape index (κ2) is 6.87. The van der Waals surface area contributed by atoms with Crippen LogP contribution in [0.3, 0.4) is 0 Å². The van der Waals surface area contributed by atoms with Gasteiger partial charge < -0.3 is 15.4 Å². The third-order valence-corrected chi connectivity index (χ3v) is 3.57. The van der Waals surface area contributed by atoms with Crippen molar-refractivity contribution in [3.05, 3.63) is 30.1 Å². The van der Waals surface area contributed by atoms with Crippen LogP contribution in [0.2, 0.25) is 0 Å². The number of ether oxygens (including phenoxy) is 1. The summed E-state index contributed by atoms with van der Waals surface area (Å²) in [6.45, 7) is 4.52. The molecule has 19 heavy (non-hydrogen) atoms. The van der Waals surface area contributed by atoms with E-state index in [-0.39, 0.29) is 11.9 Å². The number of hydrogen-bond donors (Lipinski definition) is 1. The Morgan fingerprint density at radius 3 is 2.63 bits per heavy atom. The fourth-order valence-electron chi connectivity index (χ4n) is 2.53. The van der Waals surface area contributed by atoms with Gasteiger partial charge in [-0.05, 0) is 57.0 Å². The molecule has 2 unspecified atom stereocenters. The Balaban J connectivity index is 2.00. The second-order valence-electron chi connectivity index (χ2n) is 5.21. The molecular formula is C15H23FN2O. The van der Waals surface area contributed by atoms with Crippen LogP contribution in [0, 0.1) is 5.82 Å². The molecule has 4 heteroatoms. The Labute approximate surface area is 114 Å². The summed E-state index contributed by atoms with van der Waals surface area (Å²) in [5.74, 6) is -0.201. The number of nitrogens with zero attached hydrogens (tertiary/aromatic N) is 1. The predicted molar refractivity (Wildman–Crippen MR) is 75.9 cm³/mol. The van der Waals surface area contributed by atoms with Crippen LogP contribution in [-0.2, 0) is 4.74 Å². The Morgan fingerprint density at radius 2 is 2.05 bits per heavy atom. The molecule has 0 radical (unpaired) electrons. The highest BCUT2D eigenvalue weighted by atomic mass is 19.1. The van der Waals surface area contributed by atoms with Gasteiger partial charge >= 0.3 is 0 Å². The Bertz CT molecular complexity index is 382. The maximum absolute atomic E-state index is 13.0. The summed E-state index contributed by atoms with van der Waals surface area (Å²) >= 11 is 0. The molecule has 1 heterocycles. The lowest BCUT2D eigenvalue weighted by atomic mass is 10.2. The lowest BCUT2D eigenvalue weighted by molar-refractivity contribution is 0.0600. The number of anilines is 1. The van der Waals surface area contributed by atoms with Gasteiger partial charge in [0, 0.05) is 18.8 Å². The zero-order chi connectivity index (χ0) is 13.7. The lowest BCUT2D eigenvalue weighted by Gasteiger charge is -2.27. The number of hydrogen-bond acceptors (Lipinski definition) is 3. The summed E-state index contributed by atoms with van der Waals surface area (Å²) < 4.78 is 18.9. The van der Waals surface area contributed by atoms with Gasteiger partial charge in [-0.25, -0.2) is 4.39 Å². The molecule has 0 amide bonds. The highest BCUT2D eigenvalue weighted by Crippen LogP contribution is 2.23. The maximum Gasteiger partial charge on any atom is 0.123 e. The molecule has 1 aromatic rings. The minimum atomic E-state index is -0.201. The molecule has 2 atom stereocenters. The first kappa shape index (κ1) is 14.3. The molecule has 1 aromatic carbocycles. The van der Waals surface area contributed by atoms with Crippen molar-refractivity contribution in [2.45, 2.75) is 38.4 Å². The lowest BCUT2D eigenvalue weighted by Crippen LogP contribution is -2.34. The van der Waals surface area contributed by atoms with Crippen molar-refractivity contribution in [3.8, 4) is 0 Å². The molecular weight excluding hydrogens is 243 g/mol. The van der Waals surface area contributed by atoms with Crippen molar-refractivity contribution in [2.24, 2.45) is 5.73 Å². The molecule has 1 aliphatic heterocycles. The van der Waals surface area contributed by atoms with E-state index < -0.39 is 0 Å². The summed E-state index contributed by atoms with van der Waals surface area (Å²) in [5, 5.41) is 0. The average Bonchev–Trinajstić information content (AvgIpc) is 2.81. The zero-order valence-corrected chi connectivity index (χ0v) is 11.5. The van der Waals surface area contributed by atoms with Crippen molar-refractivity contribution in [1.29, 1.82) is 0 Å². The monoisotopic (exact) mass is 266 g/mol. The predicted octanol–water partition coefficient (Wildman–Crippen LogP) is 2.55. The summed E-state index contributed by atoms with van der Waals surface area (Å²) in [7, 11) is 0. The molecule has 1 aliphatic rings. The molecule has 0 spiro atoms. The van der Waals surface area contributed by atoms with Gasteiger partial charge in [0.15, 0.2) is 0 Å². The topological polar surface area (TPSA) is 38.5 Å². The van der Waals surface area contributed by atoms with Crippen molar-refractivity contribution >= 4 is 5.69 Å². The van der Waals surface area contributed by atoms with E-state index in [0.717, 1.165) is 38.0 Å². The molecule has 1 fully saturated rings. The van der Waals surface area contributed by atoms with Gasteiger partial charge in [-0.15, -0.1) is 0 Å². The van der Waals surface area contributed by atoms with Crippen molar-refractivity contribution in [1.82, 2.24) is 0 Å². The van der Waals surface area contributed by atoms with Crippen molar-refractivity contribution < 1.29 is 9.13 Å². The minimum absolute atomic E-state index is 0.201. The molecule has 2 N–H and O–H groups in total. The second-order valence-corrected chi connectivity index (χ2v) is 5.21. The maximum atomic E-state index is 13.0. The Hall–Kier alpha value is -1.13. The third kappa shape index (κ3) is 4.18. The summed E-state index contributed by atoms with van der Waals surface area (Å²) in [5.41, 5.74) is 6.63. The van der Waals surface area contributed by atoms with Crippen LogP contribution in [0.5, 0.6) is 0 Å². The van der Waals surface area contributed by atoms with Crippen LogP contribution in [0.4, 0.5) is 10.1 Å². The summed E-state index contributed by atoms with van der Waals surface area (Å²) in [6.07, 6.45) is 3.78. The van der Waals surface area contributed by atoms with Crippen LogP contribution in [0.25, 0.3) is 0 Å². The van der Waals surface area contributed by atoms with Gasteiger partial charge in [-0.1, -0.05) is 0 Å². The average molecular weight is 266 g/mol. The number of benzene rings is 1. The fourth-order valence-corrected chi connectivity index (χ4v) is 2.53. The molecule has 0 aromatic heterocycles. The first-order chi connectivity index (χ1) is 9.19. The quantitative estimate of drug-likeness (QED) is 0.860. The SMILES string of the molecule is CC1CCC(CN(CCCN)c2ccc(F)cc2)O1. The highest BCUT2D eigenvalue weighted by Gasteiger charge is 2.24. The highest BCUT2D eigenvalue weighted by molar-refractivity contribution is 5.46. The molecule has 1 saturated heterocycles. The minimum Gasteiger partial charge on any atom is -0.373 e. The van der Waals surface area contributed by atoms with E-state index in [9.17, 15) is 4.39 Å². The molecule has 106 valence electrons. The van der Waals surface area contributed by atoms with Crippen LogP contribution >= 0.6 is 0 Å². The summed E-state index contributed by atoms with van der Waals surface area (Å²) in [6, 6.07) is 6.65. The molecule has 0 aliphatic carbocycles. The van der Waals surface area contributed by atoms with Crippen molar-refractivity contribution in [3.63, 3.8) is 0 Å². The van der Waals surface area contributed by atoms with E-state index in [1.54, 1.807) is 0 Å². The van der Waals surface area contributed by atoms with Crippen LogP contribution in [-0.4, -0.2) is 31.8 Å². The molecule has 0 saturated carbocycles.